The van der Waals surface area contributed by atoms with Crippen molar-refractivity contribution < 1.29 is 9.90 Å². The lowest BCUT2D eigenvalue weighted by molar-refractivity contribution is 0.0702. The van der Waals surface area contributed by atoms with Crippen molar-refractivity contribution in [2.45, 2.75) is 26.2 Å². The molecule has 0 spiro atoms. The lowest BCUT2D eigenvalue weighted by Crippen LogP contribution is -2.13. The number of aromatic nitrogens is 2. The quantitative estimate of drug-likeness (QED) is 0.775. The van der Waals surface area contributed by atoms with E-state index in [1.165, 1.54) is 11.3 Å². The van der Waals surface area contributed by atoms with Gasteiger partial charge in [0.1, 0.15) is 9.71 Å². The predicted octanol–water partition coefficient (Wildman–Crippen LogP) is 4.08. The van der Waals surface area contributed by atoms with Gasteiger partial charge in [-0.1, -0.05) is 39.0 Å². The third kappa shape index (κ3) is 2.34. The minimum Gasteiger partial charge on any atom is -0.477 e. The van der Waals surface area contributed by atoms with Crippen LogP contribution in [0.2, 0.25) is 0 Å². The third-order valence-electron chi connectivity index (χ3n) is 3.28. The molecule has 0 aliphatic heterocycles. The lowest BCUT2D eigenvalue weighted by Gasteiger charge is -2.15. The molecule has 0 saturated carbocycles. The molecular weight excluding hydrogens is 284 g/mol. The van der Waals surface area contributed by atoms with Crippen LogP contribution in [0.25, 0.3) is 15.9 Å². The molecule has 0 fully saturated rings. The van der Waals surface area contributed by atoms with E-state index < -0.39 is 5.97 Å². The van der Waals surface area contributed by atoms with E-state index in [4.69, 9.17) is 5.10 Å². The molecule has 0 aliphatic rings. The molecule has 3 aromatic rings. The van der Waals surface area contributed by atoms with Crippen LogP contribution in [-0.4, -0.2) is 20.9 Å². The molecule has 2 heterocycles. The van der Waals surface area contributed by atoms with Crippen LogP contribution in [0.3, 0.4) is 0 Å². The molecule has 1 aromatic carbocycles. The first-order valence-electron chi connectivity index (χ1n) is 6.69. The maximum absolute atomic E-state index is 11.3. The van der Waals surface area contributed by atoms with E-state index in [-0.39, 0.29) is 5.41 Å². The van der Waals surface area contributed by atoms with E-state index >= 15 is 0 Å². The van der Waals surface area contributed by atoms with Crippen LogP contribution in [0.5, 0.6) is 0 Å². The van der Waals surface area contributed by atoms with Gasteiger partial charge in [-0.25, -0.2) is 9.48 Å². The van der Waals surface area contributed by atoms with Crippen molar-refractivity contribution in [1.82, 2.24) is 9.78 Å². The van der Waals surface area contributed by atoms with Crippen LogP contribution in [0, 0.1) is 0 Å². The molecule has 108 valence electrons. The summed E-state index contributed by atoms with van der Waals surface area (Å²) in [6.07, 6.45) is 0. The van der Waals surface area contributed by atoms with Crippen LogP contribution < -0.4 is 0 Å². The van der Waals surface area contributed by atoms with Crippen molar-refractivity contribution in [2.24, 2.45) is 0 Å². The molecule has 0 unspecified atom stereocenters. The van der Waals surface area contributed by atoms with Gasteiger partial charge < -0.3 is 5.11 Å². The molecule has 21 heavy (non-hydrogen) atoms. The summed E-state index contributed by atoms with van der Waals surface area (Å²) in [6.45, 7) is 6.26. The molecule has 2 aromatic heterocycles. The standard InChI is InChI=1S/C16H16N2O2S/c1-16(2,3)13-11-9-12(15(19)20)21-14(11)18(17-13)10-7-5-4-6-8-10/h4-9H,1-3H3,(H,19,20). The number of para-hydroxylation sites is 1. The van der Waals surface area contributed by atoms with Gasteiger partial charge in [-0.05, 0) is 18.2 Å². The summed E-state index contributed by atoms with van der Waals surface area (Å²) in [6, 6.07) is 11.5. The number of aromatic carboxylic acids is 1. The number of carboxylic acid groups (broad SMARTS) is 1. The summed E-state index contributed by atoms with van der Waals surface area (Å²) >= 11 is 1.26. The molecule has 5 heteroatoms. The van der Waals surface area contributed by atoms with Crippen molar-refractivity contribution in [2.75, 3.05) is 0 Å². The van der Waals surface area contributed by atoms with E-state index in [2.05, 4.69) is 20.8 Å². The molecule has 0 bridgehead atoms. The predicted molar refractivity (Wildman–Crippen MR) is 84.6 cm³/mol. The highest BCUT2D eigenvalue weighted by atomic mass is 32.1. The van der Waals surface area contributed by atoms with Gasteiger partial charge >= 0.3 is 5.97 Å². The number of thiophene rings is 1. The number of fused-ring (bicyclic) bond motifs is 1. The Kier molecular flexibility index (Phi) is 3.10. The molecule has 0 aliphatic carbocycles. The fourth-order valence-electron chi connectivity index (χ4n) is 2.31. The normalized spacial score (nSPS) is 12.0. The van der Waals surface area contributed by atoms with E-state index in [1.807, 2.05) is 35.0 Å². The number of carbonyl (C=O) groups is 1. The Balaban J connectivity index is 2.32. The van der Waals surface area contributed by atoms with Gasteiger partial charge in [0.05, 0.1) is 11.4 Å². The first kappa shape index (κ1) is 13.8. The zero-order valence-electron chi connectivity index (χ0n) is 12.1. The van der Waals surface area contributed by atoms with Gasteiger partial charge in [-0.3, -0.25) is 0 Å². The molecule has 4 nitrogen and oxygen atoms in total. The highest BCUT2D eigenvalue weighted by Gasteiger charge is 2.25. The molecule has 0 radical (unpaired) electrons. The van der Waals surface area contributed by atoms with Gasteiger partial charge in [0.2, 0.25) is 0 Å². The van der Waals surface area contributed by atoms with E-state index in [0.29, 0.717) is 4.88 Å². The fraction of sp³-hybridized carbons (Fsp3) is 0.250. The van der Waals surface area contributed by atoms with Gasteiger partial charge in [-0.15, -0.1) is 11.3 Å². The minimum atomic E-state index is -0.893. The number of rotatable bonds is 2. The van der Waals surface area contributed by atoms with E-state index in [1.54, 1.807) is 6.07 Å². The van der Waals surface area contributed by atoms with Crippen LogP contribution in [0.4, 0.5) is 0 Å². The highest BCUT2D eigenvalue weighted by molar-refractivity contribution is 7.20. The van der Waals surface area contributed by atoms with Crippen molar-refractivity contribution in [1.29, 1.82) is 0 Å². The first-order valence-corrected chi connectivity index (χ1v) is 7.51. The summed E-state index contributed by atoms with van der Waals surface area (Å²) in [7, 11) is 0. The maximum Gasteiger partial charge on any atom is 0.345 e. The summed E-state index contributed by atoms with van der Waals surface area (Å²) in [5.41, 5.74) is 1.72. The monoisotopic (exact) mass is 300 g/mol. The van der Waals surface area contributed by atoms with Gasteiger partial charge in [0.25, 0.3) is 0 Å². The van der Waals surface area contributed by atoms with Crippen molar-refractivity contribution in [3.63, 3.8) is 0 Å². The molecule has 1 N–H and O–H groups in total. The second-order valence-corrected chi connectivity index (χ2v) is 7.01. The number of nitrogens with zero attached hydrogens (tertiary/aromatic N) is 2. The highest BCUT2D eigenvalue weighted by Crippen LogP contribution is 2.35. The van der Waals surface area contributed by atoms with Crippen LogP contribution in [0.1, 0.15) is 36.1 Å². The lowest BCUT2D eigenvalue weighted by atomic mass is 9.91. The second-order valence-electron chi connectivity index (χ2n) is 5.98. The Hall–Kier alpha value is -2.14. The van der Waals surface area contributed by atoms with Gasteiger partial charge in [0.15, 0.2) is 0 Å². The molecular formula is C16H16N2O2S. The Morgan fingerprint density at radius 3 is 2.48 bits per heavy atom. The number of hydrogen-bond donors (Lipinski definition) is 1. The van der Waals surface area contributed by atoms with Gasteiger partial charge in [0, 0.05) is 10.8 Å². The van der Waals surface area contributed by atoms with Crippen LogP contribution >= 0.6 is 11.3 Å². The van der Waals surface area contributed by atoms with Crippen LogP contribution in [-0.2, 0) is 5.41 Å². The van der Waals surface area contributed by atoms with Crippen molar-refractivity contribution >= 4 is 27.5 Å². The largest absolute Gasteiger partial charge is 0.477 e. The first-order chi connectivity index (χ1) is 9.88. The zero-order chi connectivity index (χ0) is 15.2. The average molecular weight is 300 g/mol. The van der Waals surface area contributed by atoms with Crippen LogP contribution in [0.15, 0.2) is 36.4 Å². The summed E-state index contributed by atoms with van der Waals surface area (Å²) in [5.74, 6) is -0.893. The summed E-state index contributed by atoms with van der Waals surface area (Å²) < 4.78 is 1.84. The average Bonchev–Trinajstić information content (AvgIpc) is 2.96. The number of benzene rings is 1. The van der Waals surface area contributed by atoms with E-state index in [0.717, 1.165) is 21.6 Å². The Morgan fingerprint density at radius 2 is 1.90 bits per heavy atom. The Labute approximate surface area is 126 Å². The maximum atomic E-state index is 11.3. The molecule has 0 atom stereocenters. The second kappa shape index (κ2) is 4.70. The SMILES string of the molecule is CC(C)(C)c1nn(-c2ccccc2)c2sc(C(=O)O)cc12. The van der Waals surface area contributed by atoms with Crippen molar-refractivity contribution in [3.8, 4) is 5.69 Å². The zero-order valence-corrected chi connectivity index (χ0v) is 12.9. The smallest absolute Gasteiger partial charge is 0.345 e. The Bertz CT molecular complexity index is 810. The molecule has 0 saturated heterocycles. The fourth-order valence-corrected chi connectivity index (χ4v) is 3.28. The number of hydrogen-bond acceptors (Lipinski definition) is 3. The third-order valence-corrected chi connectivity index (χ3v) is 4.38. The van der Waals surface area contributed by atoms with E-state index in [9.17, 15) is 9.90 Å². The number of carboxylic acids is 1. The topological polar surface area (TPSA) is 55.1 Å². The van der Waals surface area contributed by atoms with Crippen molar-refractivity contribution in [3.05, 3.63) is 47.0 Å². The summed E-state index contributed by atoms with van der Waals surface area (Å²) in [4.78, 5) is 12.5. The Morgan fingerprint density at radius 1 is 1.24 bits per heavy atom. The molecule has 3 rings (SSSR count). The summed E-state index contributed by atoms with van der Waals surface area (Å²) in [5, 5.41) is 14.9. The minimum absolute atomic E-state index is 0.144. The van der Waals surface area contributed by atoms with Gasteiger partial charge in [-0.2, -0.15) is 5.10 Å². The molecule has 0 amide bonds.